The number of aliphatic imine (C=N–C) groups is 1. The molecular formula is C19H31N3O. The molecule has 0 radical (unpaired) electrons. The second-order valence-electron chi connectivity index (χ2n) is 6.18. The van der Waals surface area contributed by atoms with Crippen LogP contribution in [0.1, 0.15) is 44.1 Å². The van der Waals surface area contributed by atoms with E-state index in [-0.39, 0.29) is 0 Å². The van der Waals surface area contributed by atoms with E-state index in [1.165, 1.54) is 37.7 Å². The molecule has 128 valence electrons. The van der Waals surface area contributed by atoms with E-state index in [2.05, 4.69) is 39.9 Å². The molecule has 1 fully saturated rings. The summed E-state index contributed by atoms with van der Waals surface area (Å²) >= 11 is 0. The van der Waals surface area contributed by atoms with Gasteiger partial charge in [0.15, 0.2) is 5.96 Å². The Morgan fingerprint density at radius 1 is 1.13 bits per heavy atom. The van der Waals surface area contributed by atoms with Crippen LogP contribution in [0.4, 0.5) is 0 Å². The zero-order valence-electron chi connectivity index (χ0n) is 14.4. The Labute approximate surface area is 140 Å². The quantitative estimate of drug-likeness (QED) is 0.440. The molecule has 0 heterocycles. The maximum Gasteiger partial charge on any atom is 0.191 e. The molecule has 4 nitrogen and oxygen atoms in total. The van der Waals surface area contributed by atoms with Crippen molar-refractivity contribution >= 4 is 5.96 Å². The predicted octanol–water partition coefficient (Wildman–Crippen LogP) is 3.13. The normalized spacial score (nSPS) is 16.3. The third-order valence-electron chi connectivity index (χ3n) is 4.31. The van der Waals surface area contributed by atoms with Gasteiger partial charge in [0.2, 0.25) is 0 Å². The van der Waals surface area contributed by atoms with Crippen molar-refractivity contribution in [2.75, 3.05) is 26.8 Å². The van der Waals surface area contributed by atoms with E-state index in [1.54, 1.807) is 0 Å². The Kier molecular flexibility index (Phi) is 8.56. The van der Waals surface area contributed by atoms with Gasteiger partial charge >= 0.3 is 0 Å². The first-order chi connectivity index (χ1) is 11.4. The van der Waals surface area contributed by atoms with Crippen LogP contribution < -0.4 is 10.6 Å². The van der Waals surface area contributed by atoms with E-state index in [0.29, 0.717) is 6.04 Å². The van der Waals surface area contributed by atoms with Crippen LogP contribution >= 0.6 is 0 Å². The molecule has 2 rings (SSSR count). The van der Waals surface area contributed by atoms with Crippen molar-refractivity contribution in [1.82, 2.24) is 10.6 Å². The number of rotatable bonds is 8. The Balaban J connectivity index is 1.48. The maximum atomic E-state index is 5.70. The highest BCUT2D eigenvalue weighted by Gasteiger charge is 2.13. The predicted molar refractivity (Wildman–Crippen MR) is 97.0 cm³/mol. The smallest absolute Gasteiger partial charge is 0.191 e. The van der Waals surface area contributed by atoms with E-state index in [4.69, 9.17) is 4.74 Å². The molecule has 0 spiro atoms. The maximum absolute atomic E-state index is 5.70. The summed E-state index contributed by atoms with van der Waals surface area (Å²) in [5.74, 6) is 0.932. The Bertz CT molecular complexity index is 441. The molecule has 0 saturated heterocycles. The van der Waals surface area contributed by atoms with E-state index in [1.807, 2.05) is 13.1 Å². The standard InChI is InChI=1S/C19H31N3O/c1-20-19(22-18-11-6-3-7-12-18)21-14-8-15-23-16-13-17-9-4-2-5-10-17/h2,4-5,9-10,18H,3,6-8,11-16H2,1H3,(H2,20,21,22). The lowest BCUT2D eigenvalue weighted by molar-refractivity contribution is 0.135. The average Bonchev–Trinajstić information content (AvgIpc) is 2.61. The average molecular weight is 317 g/mol. The lowest BCUT2D eigenvalue weighted by Gasteiger charge is -2.24. The molecule has 1 aliphatic carbocycles. The first kappa shape index (κ1) is 17.8. The van der Waals surface area contributed by atoms with Gasteiger partial charge in [-0.15, -0.1) is 0 Å². The van der Waals surface area contributed by atoms with Crippen LogP contribution in [0, 0.1) is 0 Å². The molecule has 0 unspecified atom stereocenters. The van der Waals surface area contributed by atoms with Crippen molar-refractivity contribution in [2.24, 2.45) is 4.99 Å². The highest BCUT2D eigenvalue weighted by molar-refractivity contribution is 5.79. The molecule has 0 aromatic heterocycles. The highest BCUT2D eigenvalue weighted by atomic mass is 16.5. The minimum atomic E-state index is 0.595. The Hall–Kier alpha value is -1.55. The summed E-state index contributed by atoms with van der Waals surface area (Å²) in [4.78, 5) is 4.31. The topological polar surface area (TPSA) is 45.7 Å². The number of guanidine groups is 1. The molecule has 1 aliphatic rings. The first-order valence-corrected chi connectivity index (χ1v) is 8.97. The van der Waals surface area contributed by atoms with Crippen molar-refractivity contribution in [2.45, 2.75) is 51.0 Å². The zero-order valence-corrected chi connectivity index (χ0v) is 14.4. The van der Waals surface area contributed by atoms with Crippen LogP contribution in [-0.2, 0) is 11.2 Å². The largest absolute Gasteiger partial charge is 0.381 e. The van der Waals surface area contributed by atoms with Crippen LogP contribution in [0.25, 0.3) is 0 Å². The Morgan fingerprint density at radius 3 is 2.65 bits per heavy atom. The number of hydrogen-bond acceptors (Lipinski definition) is 2. The molecule has 2 N–H and O–H groups in total. The zero-order chi connectivity index (χ0) is 16.2. The molecule has 1 aromatic carbocycles. The summed E-state index contributed by atoms with van der Waals surface area (Å²) in [5.41, 5.74) is 1.34. The molecule has 1 aromatic rings. The number of ether oxygens (including phenoxy) is 1. The second-order valence-corrected chi connectivity index (χ2v) is 6.18. The summed E-state index contributed by atoms with van der Waals surface area (Å²) in [6.07, 6.45) is 8.57. The molecule has 23 heavy (non-hydrogen) atoms. The minimum absolute atomic E-state index is 0.595. The molecule has 4 heteroatoms. The van der Waals surface area contributed by atoms with Gasteiger partial charge < -0.3 is 15.4 Å². The van der Waals surface area contributed by atoms with Crippen LogP contribution in [0.2, 0.25) is 0 Å². The summed E-state index contributed by atoms with van der Waals surface area (Å²) < 4.78 is 5.70. The van der Waals surface area contributed by atoms with Crippen molar-refractivity contribution in [1.29, 1.82) is 0 Å². The number of nitrogens with one attached hydrogen (secondary N) is 2. The minimum Gasteiger partial charge on any atom is -0.381 e. The summed E-state index contributed by atoms with van der Waals surface area (Å²) in [6, 6.07) is 11.1. The number of nitrogens with zero attached hydrogens (tertiary/aromatic N) is 1. The highest BCUT2D eigenvalue weighted by Crippen LogP contribution is 2.17. The van der Waals surface area contributed by atoms with Gasteiger partial charge in [-0.25, -0.2) is 0 Å². The number of benzene rings is 1. The Morgan fingerprint density at radius 2 is 1.91 bits per heavy atom. The summed E-state index contributed by atoms with van der Waals surface area (Å²) in [7, 11) is 1.84. The van der Waals surface area contributed by atoms with Crippen LogP contribution in [0.15, 0.2) is 35.3 Å². The van der Waals surface area contributed by atoms with E-state index < -0.39 is 0 Å². The van der Waals surface area contributed by atoms with Crippen LogP contribution in [-0.4, -0.2) is 38.8 Å². The van der Waals surface area contributed by atoms with Gasteiger partial charge in [0.25, 0.3) is 0 Å². The van der Waals surface area contributed by atoms with Gasteiger partial charge in [-0.3, -0.25) is 4.99 Å². The van der Waals surface area contributed by atoms with Gasteiger partial charge in [-0.1, -0.05) is 49.6 Å². The second kappa shape index (κ2) is 11.1. The fourth-order valence-electron chi connectivity index (χ4n) is 2.95. The van der Waals surface area contributed by atoms with Crippen LogP contribution in [0.3, 0.4) is 0 Å². The fourth-order valence-corrected chi connectivity index (χ4v) is 2.95. The van der Waals surface area contributed by atoms with Crippen molar-refractivity contribution in [3.63, 3.8) is 0 Å². The lowest BCUT2D eigenvalue weighted by Crippen LogP contribution is -2.44. The third-order valence-corrected chi connectivity index (χ3v) is 4.31. The van der Waals surface area contributed by atoms with Crippen LogP contribution in [0.5, 0.6) is 0 Å². The van der Waals surface area contributed by atoms with Gasteiger partial charge in [0, 0.05) is 26.2 Å². The van der Waals surface area contributed by atoms with E-state index >= 15 is 0 Å². The molecule has 0 bridgehead atoms. The van der Waals surface area contributed by atoms with Crippen molar-refractivity contribution in [3.05, 3.63) is 35.9 Å². The van der Waals surface area contributed by atoms with Gasteiger partial charge in [0.1, 0.15) is 0 Å². The third kappa shape index (κ3) is 7.51. The monoisotopic (exact) mass is 317 g/mol. The summed E-state index contributed by atoms with van der Waals surface area (Å²) in [5, 5.41) is 6.91. The lowest BCUT2D eigenvalue weighted by atomic mass is 9.96. The van der Waals surface area contributed by atoms with Gasteiger partial charge in [-0.2, -0.15) is 0 Å². The molecule has 0 amide bonds. The SMILES string of the molecule is CN=C(NCCCOCCc1ccccc1)NC1CCCCC1. The number of hydrogen-bond donors (Lipinski definition) is 2. The van der Waals surface area contributed by atoms with Gasteiger partial charge in [0.05, 0.1) is 6.61 Å². The first-order valence-electron chi connectivity index (χ1n) is 8.97. The summed E-state index contributed by atoms with van der Waals surface area (Å²) in [6.45, 7) is 2.48. The van der Waals surface area contributed by atoms with Crippen molar-refractivity contribution < 1.29 is 4.74 Å². The molecule has 1 saturated carbocycles. The molecule has 0 aliphatic heterocycles. The fraction of sp³-hybridized carbons (Fsp3) is 0.632. The van der Waals surface area contributed by atoms with Gasteiger partial charge in [-0.05, 0) is 31.2 Å². The molecule has 0 atom stereocenters. The molecular weight excluding hydrogens is 286 g/mol. The van der Waals surface area contributed by atoms with E-state index in [0.717, 1.165) is 38.6 Å². The van der Waals surface area contributed by atoms with Crippen molar-refractivity contribution in [3.8, 4) is 0 Å². The van der Waals surface area contributed by atoms with E-state index in [9.17, 15) is 0 Å².